The number of likely N-dealkylation sites (N-methyl/N-ethyl adjacent to an activating group) is 2. The van der Waals surface area contributed by atoms with Gasteiger partial charge in [-0.1, -0.05) is 0 Å². The first-order valence-corrected chi connectivity index (χ1v) is 7.30. The lowest BCUT2D eigenvalue weighted by Gasteiger charge is -2.17. The third kappa shape index (κ3) is 3.69. The molecule has 0 saturated carbocycles. The van der Waals surface area contributed by atoms with Gasteiger partial charge >= 0.3 is 0 Å². The summed E-state index contributed by atoms with van der Waals surface area (Å²) in [7, 11) is -0.0436. The molecule has 0 unspecified atom stereocenters. The van der Waals surface area contributed by atoms with Gasteiger partial charge in [-0.05, 0) is 38.2 Å². The van der Waals surface area contributed by atoms with Crippen molar-refractivity contribution >= 4 is 10.0 Å². The fraction of sp³-hybridized carbons (Fsp3) is 0.500. The molecule has 1 aromatic rings. The third-order valence-electron chi connectivity index (χ3n) is 2.52. The van der Waals surface area contributed by atoms with Gasteiger partial charge in [0.25, 0.3) is 0 Å². The van der Waals surface area contributed by atoms with Crippen LogP contribution in [0.3, 0.4) is 0 Å². The van der Waals surface area contributed by atoms with E-state index in [1.165, 1.54) is 4.31 Å². The van der Waals surface area contributed by atoms with Crippen LogP contribution < -0.4 is 10.1 Å². The summed E-state index contributed by atoms with van der Waals surface area (Å²) in [5, 5.41) is 2.92. The van der Waals surface area contributed by atoms with Crippen LogP contribution in [-0.2, 0) is 10.0 Å². The third-order valence-corrected chi connectivity index (χ3v) is 4.39. The number of benzene rings is 1. The Kier molecular flexibility index (Phi) is 5.58. The molecule has 18 heavy (non-hydrogen) atoms. The second-order valence-corrected chi connectivity index (χ2v) is 5.88. The average molecular weight is 272 g/mol. The zero-order valence-corrected chi connectivity index (χ0v) is 11.8. The Hall–Kier alpha value is -1.11. The Bertz CT molecular complexity index is 457. The van der Waals surface area contributed by atoms with Crippen LogP contribution in [0.15, 0.2) is 29.2 Å². The molecule has 0 bridgehead atoms. The summed E-state index contributed by atoms with van der Waals surface area (Å²) in [6.45, 7) is 3.50. The van der Waals surface area contributed by atoms with Crippen LogP contribution in [0.5, 0.6) is 5.75 Å². The van der Waals surface area contributed by atoms with Gasteiger partial charge in [-0.3, -0.25) is 0 Å². The highest BCUT2D eigenvalue weighted by atomic mass is 32.2. The molecular formula is C12H20N2O3S. The van der Waals surface area contributed by atoms with E-state index in [4.69, 9.17) is 4.74 Å². The molecule has 1 rings (SSSR count). The quantitative estimate of drug-likeness (QED) is 0.802. The topological polar surface area (TPSA) is 58.6 Å². The number of hydrogen-bond acceptors (Lipinski definition) is 4. The lowest BCUT2D eigenvalue weighted by atomic mass is 10.3. The zero-order chi connectivity index (χ0) is 13.6. The van der Waals surface area contributed by atoms with Crippen LogP contribution in [-0.4, -0.2) is 46.5 Å². The maximum absolute atomic E-state index is 12.2. The maximum Gasteiger partial charge on any atom is 0.242 e. The van der Waals surface area contributed by atoms with E-state index in [0.29, 0.717) is 25.4 Å². The van der Waals surface area contributed by atoms with E-state index in [0.717, 1.165) is 0 Å². The largest absolute Gasteiger partial charge is 0.494 e. The van der Waals surface area contributed by atoms with E-state index in [1.807, 2.05) is 6.92 Å². The Balaban J connectivity index is 2.84. The predicted octanol–water partition coefficient (Wildman–Crippen LogP) is 0.925. The van der Waals surface area contributed by atoms with Crippen molar-refractivity contribution < 1.29 is 13.2 Å². The summed E-state index contributed by atoms with van der Waals surface area (Å²) in [6.07, 6.45) is 0. The molecule has 1 aromatic carbocycles. The monoisotopic (exact) mass is 272 g/mol. The lowest BCUT2D eigenvalue weighted by Crippen LogP contribution is -2.32. The molecule has 0 aliphatic rings. The highest BCUT2D eigenvalue weighted by Crippen LogP contribution is 2.18. The van der Waals surface area contributed by atoms with Gasteiger partial charge in [0, 0.05) is 20.1 Å². The molecule has 0 saturated heterocycles. The smallest absolute Gasteiger partial charge is 0.242 e. The lowest BCUT2D eigenvalue weighted by molar-refractivity contribution is 0.340. The van der Waals surface area contributed by atoms with Crippen LogP contribution in [0, 0.1) is 0 Å². The summed E-state index contributed by atoms with van der Waals surface area (Å²) in [6, 6.07) is 6.47. The number of nitrogens with one attached hydrogen (secondary N) is 1. The van der Waals surface area contributed by atoms with Crippen LogP contribution in [0.1, 0.15) is 6.92 Å². The van der Waals surface area contributed by atoms with Gasteiger partial charge in [-0.15, -0.1) is 0 Å². The molecule has 0 atom stereocenters. The van der Waals surface area contributed by atoms with Gasteiger partial charge in [-0.25, -0.2) is 8.42 Å². The summed E-state index contributed by atoms with van der Waals surface area (Å²) >= 11 is 0. The Labute approximate surface area is 109 Å². The highest BCUT2D eigenvalue weighted by Gasteiger charge is 2.19. The molecule has 102 valence electrons. The van der Waals surface area contributed by atoms with Gasteiger partial charge in [0.2, 0.25) is 10.0 Å². The molecule has 5 nitrogen and oxygen atoms in total. The minimum absolute atomic E-state index is 0.282. The molecule has 1 N–H and O–H groups in total. The fourth-order valence-electron chi connectivity index (χ4n) is 1.44. The van der Waals surface area contributed by atoms with E-state index in [-0.39, 0.29) is 4.90 Å². The molecule has 0 aromatic heterocycles. The van der Waals surface area contributed by atoms with Crippen molar-refractivity contribution in [3.8, 4) is 5.75 Å². The van der Waals surface area contributed by atoms with E-state index >= 15 is 0 Å². The SMILES string of the molecule is CCOc1ccc(S(=O)(=O)N(C)CCNC)cc1. The molecule has 0 radical (unpaired) electrons. The van der Waals surface area contributed by atoms with Crippen molar-refractivity contribution in [1.82, 2.24) is 9.62 Å². The molecular weight excluding hydrogens is 252 g/mol. The molecule has 0 heterocycles. The molecule has 6 heteroatoms. The van der Waals surface area contributed by atoms with Gasteiger partial charge in [0.15, 0.2) is 0 Å². The van der Waals surface area contributed by atoms with Crippen molar-refractivity contribution in [2.75, 3.05) is 33.8 Å². The summed E-state index contributed by atoms with van der Waals surface area (Å²) in [5.41, 5.74) is 0. The van der Waals surface area contributed by atoms with Gasteiger partial charge in [0.05, 0.1) is 11.5 Å². The first kappa shape index (κ1) is 14.9. The normalized spacial score (nSPS) is 11.8. The second-order valence-electron chi connectivity index (χ2n) is 3.83. The fourth-order valence-corrected chi connectivity index (χ4v) is 2.62. The van der Waals surface area contributed by atoms with Crippen LogP contribution >= 0.6 is 0 Å². The predicted molar refractivity (Wildman–Crippen MR) is 71.4 cm³/mol. The molecule has 0 amide bonds. The number of hydrogen-bond donors (Lipinski definition) is 1. The first-order chi connectivity index (χ1) is 8.52. The van der Waals surface area contributed by atoms with Crippen molar-refractivity contribution in [2.24, 2.45) is 0 Å². The van der Waals surface area contributed by atoms with Crippen molar-refractivity contribution in [3.63, 3.8) is 0 Å². The van der Waals surface area contributed by atoms with E-state index < -0.39 is 10.0 Å². The number of ether oxygens (including phenoxy) is 1. The standard InChI is InChI=1S/C12H20N2O3S/c1-4-17-11-5-7-12(8-6-11)18(15,16)14(3)10-9-13-2/h5-8,13H,4,9-10H2,1-3H3. The summed E-state index contributed by atoms with van der Waals surface area (Å²) in [5.74, 6) is 0.675. The zero-order valence-electron chi connectivity index (χ0n) is 11.0. The van der Waals surface area contributed by atoms with Crippen molar-refractivity contribution in [1.29, 1.82) is 0 Å². The number of nitrogens with zero attached hydrogens (tertiary/aromatic N) is 1. The van der Waals surface area contributed by atoms with Gasteiger partial charge < -0.3 is 10.1 Å². The molecule has 0 fully saturated rings. The Morgan fingerprint density at radius 3 is 2.39 bits per heavy atom. The Morgan fingerprint density at radius 1 is 1.28 bits per heavy atom. The Morgan fingerprint density at radius 2 is 1.89 bits per heavy atom. The van der Waals surface area contributed by atoms with Crippen LogP contribution in [0.4, 0.5) is 0 Å². The molecule has 0 spiro atoms. The van der Waals surface area contributed by atoms with Gasteiger partial charge in [-0.2, -0.15) is 4.31 Å². The average Bonchev–Trinajstić information content (AvgIpc) is 2.37. The first-order valence-electron chi connectivity index (χ1n) is 5.86. The van der Waals surface area contributed by atoms with E-state index in [1.54, 1.807) is 38.4 Å². The maximum atomic E-state index is 12.2. The van der Waals surface area contributed by atoms with Crippen LogP contribution in [0.2, 0.25) is 0 Å². The molecule has 0 aliphatic heterocycles. The minimum Gasteiger partial charge on any atom is -0.494 e. The van der Waals surface area contributed by atoms with E-state index in [9.17, 15) is 8.42 Å². The molecule has 0 aliphatic carbocycles. The number of sulfonamides is 1. The minimum atomic E-state index is -3.41. The van der Waals surface area contributed by atoms with Crippen molar-refractivity contribution in [2.45, 2.75) is 11.8 Å². The van der Waals surface area contributed by atoms with Gasteiger partial charge in [0.1, 0.15) is 5.75 Å². The van der Waals surface area contributed by atoms with E-state index in [2.05, 4.69) is 5.32 Å². The van der Waals surface area contributed by atoms with Crippen molar-refractivity contribution in [3.05, 3.63) is 24.3 Å². The van der Waals surface area contributed by atoms with Crippen LogP contribution in [0.25, 0.3) is 0 Å². The highest BCUT2D eigenvalue weighted by molar-refractivity contribution is 7.89. The number of rotatable bonds is 7. The second kappa shape index (κ2) is 6.72. The summed E-state index contributed by atoms with van der Waals surface area (Å²) < 4.78 is 30.9. The summed E-state index contributed by atoms with van der Waals surface area (Å²) in [4.78, 5) is 0.282.